The molecule has 0 aliphatic rings. The van der Waals surface area contributed by atoms with Crippen molar-refractivity contribution >= 4 is 5.97 Å². The number of hydrogen-bond donors (Lipinski definition) is 3. The molecule has 7 heteroatoms. The van der Waals surface area contributed by atoms with Gasteiger partial charge in [-0.1, -0.05) is 20.4 Å². The van der Waals surface area contributed by atoms with E-state index in [0.29, 0.717) is 5.57 Å². The first-order valence-corrected chi connectivity index (χ1v) is 5.13. The molecule has 0 aliphatic heterocycles. The summed E-state index contributed by atoms with van der Waals surface area (Å²) in [5.74, 6) is 9.56. The first-order chi connectivity index (χ1) is 7.49. The van der Waals surface area contributed by atoms with Crippen molar-refractivity contribution in [1.29, 1.82) is 0 Å². The molecule has 0 fully saturated rings. The van der Waals surface area contributed by atoms with Gasteiger partial charge in [0.1, 0.15) is 13.2 Å². The molecule has 0 heterocycles. The molecule has 0 aromatic rings. The van der Waals surface area contributed by atoms with Crippen LogP contribution in [0.5, 0.6) is 0 Å². The molecule has 0 radical (unpaired) electrons. The molecule has 0 aromatic carbocycles. The van der Waals surface area contributed by atoms with Crippen molar-refractivity contribution in [2.45, 2.75) is 20.8 Å². The lowest BCUT2D eigenvalue weighted by Crippen LogP contribution is -2.29. The number of hydrazine groups is 1. The average Bonchev–Trinajstić information content (AvgIpc) is 2.28. The van der Waals surface area contributed by atoms with Gasteiger partial charge in [0, 0.05) is 18.7 Å². The molecule has 0 saturated heterocycles. The Hall–Kier alpha value is -0.990. The summed E-state index contributed by atoms with van der Waals surface area (Å²) in [6.45, 7) is 11.3. The van der Waals surface area contributed by atoms with Gasteiger partial charge in [-0.2, -0.15) is 0 Å². The van der Waals surface area contributed by atoms with Crippen LogP contribution in [0.15, 0.2) is 12.2 Å². The maximum atomic E-state index is 10.6. The van der Waals surface area contributed by atoms with Gasteiger partial charge in [0.2, 0.25) is 0 Å². The molecule has 0 amide bonds. The van der Waals surface area contributed by atoms with Gasteiger partial charge >= 0.3 is 5.97 Å². The van der Waals surface area contributed by atoms with E-state index in [4.69, 9.17) is 5.84 Å². The summed E-state index contributed by atoms with van der Waals surface area (Å²) < 4.78 is 4.60. The minimum atomic E-state index is -0.419. The third kappa shape index (κ3) is 17.6. The van der Waals surface area contributed by atoms with Crippen molar-refractivity contribution in [3.8, 4) is 0 Å². The third-order valence-corrected chi connectivity index (χ3v) is 1.60. The molecule has 0 aliphatic carbocycles. The number of hydrogen-bond acceptors (Lipinski definition) is 7. The van der Waals surface area contributed by atoms with Crippen LogP contribution in [0.2, 0.25) is 0 Å². The Bertz CT molecular complexity index is 196. The van der Waals surface area contributed by atoms with Crippen LogP contribution in [0.3, 0.4) is 0 Å². The van der Waals surface area contributed by atoms with Crippen molar-refractivity contribution in [2.24, 2.45) is 11.7 Å². The summed E-state index contributed by atoms with van der Waals surface area (Å²) in [6, 6.07) is 0. The monoisotopic (exact) mass is 250 g/mol. The van der Waals surface area contributed by atoms with E-state index >= 15 is 0 Å². The Morgan fingerprint density at radius 1 is 1.29 bits per heavy atom. The highest BCUT2D eigenvalue weighted by Gasteiger charge is 2.00. The van der Waals surface area contributed by atoms with Gasteiger partial charge in [0.25, 0.3) is 0 Å². The first-order valence-electron chi connectivity index (χ1n) is 5.13. The molecule has 0 rings (SSSR count). The van der Waals surface area contributed by atoms with Gasteiger partial charge in [0.05, 0.1) is 0 Å². The zero-order valence-corrected chi connectivity index (χ0v) is 11.1. The lowest BCUT2D eigenvalue weighted by atomic mass is 10.4. The maximum absolute atomic E-state index is 10.6. The Balaban J connectivity index is -0.000000244. The van der Waals surface area contributed by atoms with E-state index in [0.717, 1.165) is 13.1 Å². The van der Waals surface area contributed by atoms with Gasteiger partial charge in [-0.25, -0.2) is 15.7 Å². The molecule has 0 aromatic heterocycles. The fourth-order valence-corrected chi connectivity index (χ4v) is 0.529. The molecule has 7 nitrogen and oxygen atoms in total. The van der Waals surface area contributed by atoms with E-state index in [1.807, 2.05) is 13.8 Å². The number of carbonyl (C=O) groups excluding carboxylic acids is 1. The van der Waals surface area contributed by atoms with Crippen molar-refractivity contribution < 1.29 is 14.4 Å². The molecule has 0 spiro atoms. The summed E-state index contributed by atoms with van der Waals surface area (Å²) in [7, 11) is 0. The van der Waals surface area contributed by atoms with Crippen molar-refractivity contribution in [3.05, 3.63) is 12.2 Å². The van der Waals surface area contributed by atoms with Gasteiger partial charge in [0.15, 0.2) is 0 Å². The predicted octanol–water partition coefficient (Wildman–Crippen LogP) is 0.360. The summed E-state index contributed by atoms with van der Waals surface area (Å²) in [4.78, 5) is 14.8. The molecule has 0 atom stereocenters. The molecule has 104 valence electrons. The van der Waals surface area contributed by atoms with Crippen LogP contribution < -0.4 is 17.9 Å². The summed E-state index contributed by atoms with van der Waals surface area (Å²) in [5.41, 5.74) is 0.372. The summed E-state index contributed by atoms with van der Waals surface area (Å²) in [5, 5.41) is 1.75. The van der Waals surface area contributed by atoms with E-state index in [-0.39, 0.29) is 19.4 Å². The number of esters is 1. The Morgan fingerprint density at radius 2 is 1.76 bits per heavy atom. The fraction of sp³-hybridized carbons (Fsp3) is 0.700. The predicted molar refractivity (Wildman–Crippen MR) is 68.0 cm³/mol. The summed E-state index contributed by atoms with van der Waals surface area (Å²) in [6.07, 6.45) is 0. The molecule has 7 N–H and O–H groups in total. The highest BCUT2D eigenvalue weighted by molar-refractivity contribution is 5.86. The van der Waals surface area contributed by atoms with E-state index in [2.05, 4.69) is 22.1 Å². The molecule has 0 saturated carbocycles. The highest BCUT2D eigenvalue weighted by Crippen LogP contribution is 1.90. The second kappa shape index (κ2) is 15.0. The topological polar surface area (TPSA) is 126 Å². The number of rotatable bonds is 6. The zero-order chi connectivity index (χ0) is 13.0. The van der Waals surface area contributed by atoms with E-state index in [1.54, 1.807) is 11.9 Å². The van der Waals surface area contributed by atoms with E-state index in [9.17, 15) is 4.79 Å². The van der Waals surface area contributed by atoms with Crippen LogP contribution in [0.1, 0.15) is 20.8 Å². The second-order valence-electron chi connectivity index (χ2n) is 3.01. The normalized spacial score (nSPS) is 8.82. The van der Waals surface area contributed by atoms with E-state index < -0.39 is 5.97 Å². The van der Waals surface area contributed by atoms with Crippen LogP contribution in [0.4, 0.5) is 0 Å². The lowest BCUT2D eigenvalue weighted by Gasteiger charge is -2.07. The largest absolute Gasteiger partial charge is 0.460 e. The second-order valence-corrected chi connectivity index (χ2v) is 3.01. The van der Waals surface area contributed by atoms with Crippen LogP contribution >= 0.6 is 0 Å². The highest BCUT2D eigenvalue weighted by atomic mass is 16.6. The van der Waals surface area contributed by atoms with Crippen LogP contribution in [-0.4, -0.2) is 37.3 Å². The number of nitrogens with two attached hydrogens (primary N) is 2. The minimum absolute atomic E-state index is 0. The molecular weight excluding hydrogens is 224 g/mol. The molecule has 0 bridgehead atoms. The van der Waals surface area contributed by atoms with Gasteiger partial charge < -0.3 is 15.7 Å². The molecule has 0 unspecified atom stereocenters. The quantitative estimate of drug-likeness (QED) is 0.204. The molecule has 17 heavy (non-hydrogen) atoms. The van der Waals surface area contributed by atoms with Crippen molar-refractivity contribution in [3.63, 3.8) is 0 Å². The summed E-state index contributed by atoms with van der Waals surface area (Å²) >= 11 is 0. The van der Waals surface area contributed by atoms with Crippen LogP contribution in [0, 0.1) is 0 Å². The maximum Gasteiger partial charge on any atom is 0.333 e. The average molecular weight is 250 g/mol. The van der Waals surface area contributed by atoms with Crippen molar-refractivity contribution in [1.82, 2.24) is 11.2 Å². The van der Waals surface area contributed by atoms with Crippen LogP contribution in [-0.2, 0) is 14.4 Å². The van der Waals surface area contributed by atoms with Crippen LogP contribution in [0.25, 0.3) is 0 Å². The van der Waals surface area contributed by atoms with Gasteiger partial charge in [-0.15, -0.1) is 0 Å². The van der Waals surface area contributed by atoms with Gasteiger partial charge in [-0.3, -0.25) is 5.84 Å². The smallest absolute Gasteiger partial charge is 0.333 e. The standard InChI is InChI=1S/C6H11NO3.C4H12N2.H3N/c1-5(2)6(8)9-3-4-10-7;1-3-6(5)4-2;/h1,3-4,7H2,2H3;3-5H2,1-2H3;1H3. The Labute approximate surface area is 103 Å². The first kappa shape index (κ1) is 21.3. The van der Waals surface area contributed by atoms with Gasteiger partial charge in [-0.05, 0) is 6.92 Å². The molecular formula is C10H26N4O3. The van der Waals surface area contributed by atoms with E-state index in [1.165, 1.54) is 0 Å². The Morgan fingerprint density at radius 3 is 2.00 bits per heavy atom. The fourth-order valence-electron chi connectivity index (χ4n) is 0.529. The van der Waals surface area contributed by atoms with Crippen molar-refractivity contribution in [2.75, 3.05) is 26.3 Å². The number of carbonyl (C=O) groups is 1. The Kier molecular flexibility index (Phi) is 18.8. The minimum Gasteiger partial charge on any atom is -0.460 e. The lowest BCUT2D eigenvalue weighted by molar-refractivity contribution is -0.140. The number of nitrogens with zero attached hydrogens (tertiary/aromatic N) is 1. The number of ether oxygens (including phenoxy) is 1. The third-order valence-electron chi connectivity index (χ3n) is 1.60. The SMILES string of the molecule is C=C(C)C(=O)OCCON.CCN(N)CC.N. The zero-order valence-electron chi connectivity index (χ0n) is 11.1.